The largest absolute Gasteiger partial charge is 0.497 e. The number of carboxylic acids is 1. The van der Waals surface area contributed by atoms with Gasteiger partial charge in [-0.25, -0.2) is 9.48 Å². The quantitative estimate of drug-likeness (QED) is 0.302. The van der Waals surface area contributed by atoms with Crippen molar-refractivity contribution in [1.82, 2.24) is 9.78 Å². The summed E-state index contributed by atoms with van der Waals surface area (Å²) >= 11 is 1.65. The van der Waals surface area contributed by atoms with E-state index < -0.39 is 5.97 Å². The summed E-state index contributed by atoms with van der Waals surface area (Å²) in [5.41, 5.74) is 5.93. The van der Waals surface area contributed by atoms with Gasteiger partial charge in [-0.2, -0.15) is 16.4 Å². The summed E-state index contributed by atoms with van der Waals surface area (Å²) in [5.74, 6) is 0.648. The SMILES string of the molecule is COc1ccc(Nc2c(-c3ccsc3)c(C3CCCC3)nn2-c2ccccc2C)c(C(=O)O)c1. The van der Waals surface area contributed by atoms with Crippen LogP contribution in [0.15, 0.2) is 59.3 Å². The molecule has 2 aromatic heterocycles. The number of ether oxygens (including phenoxy) is 1. The number of para-hydroxylation sites is 1. The summed E-state index contributed by atoms with van der Waals surface area (Å²) < 4.78 is 7.22. The highest BCUT2D eigenvalue weighted by Crippen LogP contribution is 2.45. The van der Waals surface area contributed by atoms with Crippen molar-refractivity contribution in [1.29, 1.82) is 0 Å². The van der Waals surface area contributed by atoms with Crippen molar-refractivity contribution < 1.29 is 14.6 Å². The van der Waals surface area contributed by atoms with Crippen LogP contribution in [-0.4, -0.2) is 28.0 Å². The molecule has 0 saturated heterocycles. The zero-order chi connectivity index (χ0) is 23.7. The van der Waals surface area contributed by atoms with Crippen molar-refractivity contribution in [2.75, 3.05) is 12.4 Å². The number of carbonyl (C=O) groups is 1. The van der Waals surface area contributed by atoms with Crippen molar-refractivity contribution in [2.24, 2.45) is 0 Å². The highest BCUT2D eigenvalue weighted by atomic mass is 32.1. The van der Waals surface area contributed by atoms with E-state index in [0.29, 0.717) is 17.4 Å². The Kier molecular flexibility index (Phi) is 6.11. The number of benzene rings is 2. The Balaban J connectivity index is 1.75. The molecule has 0 bridgehead atoms. The molecule has 1 aliphatic carbocycles. The summed E-state index contributed by atoms with van der Waals surface area (Å²) in [7, 11) is 1.53. The number of rotatable bonds is 7. The lowest BCUT2D eigenvalue weighted by atomic mass is 9.97. The topological polar surface area (TPSA) is 76.4 Å². The van der Waals surface area contributed by atoms with Gasteiger partial charge in [0.1, 0.15) is 11.6 Å². The van der Waals surface area contributed by atoms with Crippen LogP contribution < -0.4 is 10.1 Å². The number of hydrogen-bond acceptors (Lipinski definition) is 5. The van der Waals surface area contributed by atoms with E-state index >= 15 is 0 Å². The molecule has 5 rings (SSSR count). The third-order valence-electron chi connectivity index (χ3n) is 6.52. The van der Waals surface area contributed by atoms with Crippen LogP contribution in [0.1, 0.15) is 53.2 Å². The van der Waals surface area contributed by atoms with E-state index in [1.54, 1.807) is 29.5 Å². The lowest BCUT2D eigenvalue weighted by Gasteiger charge is -2.16. The molecule has 7 heteroatoms. The van der Waals surface area contributed by atoms with Gasteiger partial charge in [0.05, 0.1) is 29.7 Å². The smallest absolute Gasteiger partial charge is 0.337 e. The summed E-state index contributed by atoms with van der Waals surface area (Å²) in [6, 6.07) is 15.3. The highest BCUT2D eigenvalue weighted by Gasteiger charge is 2.29. The molecule has 1 fully saturated rings. The number of nitrogens with zero attached hydrogens (tertiary/aromatic N) is 2. The number of aromatic nitrogens is 2. The Labute approximate surface area is 202 Å². The number of thiophene rings is 1. The average molecular weight is 474 g/mol. The Bertz CT molecular complexity index is 1320. The monoisotopic (exact) mass is 473 g/mol. The van der Waals surface area contributed by atoms with Crippen molar-refractivity contribution in [2.45, 2.75) is 38.5 Å². The molecule has 0 unspecified atom stereocenters. The van der Waals surface area contributed by atoms with E-state index in [0.717, 1.165) is 46.7 Å². The molecular weight excluding hydrogens is 446 g/mol. The molecule has 2 heterocycles. The Morgan fingerprint density at radius 2 is 1.97 bits per heavy atom. The minimum absolute atomic E-state index is 0.149. The minimum Gasteiger partial charge on any atom is -0.497 e. The van der Waals surface area contributed by atoms with Crippen molar-refractivity contribution >= 4 is 28.8 Å². The first kappa shape index (κ1) is 22.2. The Morgan fingerprint density at radius 1 is 1.18 bits per heavy atom. The maximum Gasteiger partial charge on any atom is 0.337 e. The summed E-state index contributed by atoms with van der Waals surface area (Å²) in [6.07, 6.45) is 4.64. The van der Waals surface area contributed by atoms with E-state index in [-0.39, 0.29) is 5.56 Å². The van der Waals surface area contributed by atoms with E-state index in [1.807, 2.05) is 16.8 Å². The van der Waals surface area contributed by atoms with Gasteiger partial charge in [0.2, 0.25) is 0 Å². The first-order valence-corrected chi connectivity index (χ1v) is 12.4. The lowest BCUT2D eigenvalue weighted by molar-refractivity contribution is 0.0697. The molecule has 0 atom stereocenters. The van der Waals surface area contributed by atoms with Gasteiger partial charge in [0.15, 0.2) is 0 Å². The van der Waals surface area contributed by atoms with Gasteiger partial charge >= 0.3 is 5.97 Å². The Morgan fingerprint density at radius 3 is 2.65 bits per heavy atom. The van der Waals surface area contributed by atoms with Crippen LogP contribution in [0.4, 0.5) is 11.5 Å². The molecule has 2 aromatic carbocycles. The number of nitrogens with one attached hydrogen (secondary N) is 1. The number of aromatic carboxylic acids is 1. The summed E-state index contributed by atoms with van der Waals surface area (Å²) in [6.45, 7) is 2.07. The lowest BCUT2D eigenvalue weighted by Crippen LogP contribution is -2.08. The third kappa shape index (κ3) is 4.07. The summed E-state index contributed by atoms with van der Waals surface area (Å²) in [5, 5.41) is 22.8. The molecule has 0 amide bonds. The van der Waals surface area contributed by atoms with Crippen LogP contribution in [0, 0.1) is 6.92 Å². The van der Waals surface area contributed by atoms with Gasteiger partial charge < -0.3 is 15.2 Å². The second-order valence-corrected chi connectivity index (χ2v) is 9.42. The van der Waals surface area contributed by atoms with E-state index in [2.05, 4.69) is 41.2 Å². The molecule has 0 radical (unpaired) electrons. The molecule has 174 valence electrons. The van der Waals surface area contributed by atoms with Gasteiger partial charge in [-0.05, 0) is 72.0 Å². The van der Waals surface area contributed by atoms with Gasteiger partial charge in [-0.1, -0.05) is 31.0 Å². The standard InChI is InChI=1S/C27H27N3O3S/c1-17-7-3-6-10-23(17)30-26(28-22-12-11-20(33-2)15-21(22)27(31)32)24(19-13-14-34-16-19)25(29-30)18-8-4-5-9-18/h3,6-7,10-16,18,28H,4-5,8-9H2,1-2H3,(H,31,32). The normalized spacial score (nSPS) is 13.8. The number of hydrogen-bond donors (Lipinski definition) is 2. The number of carboxylic acid groups (broad SMARTS) is 1. The molecule has 1 aliphatic rings. The zero-order valence-electron chi connectivity index (χ0n) is 19.2. The van der Waals surface area contributed by atoms with Gasteiger partial charge in [0, 0.05) is 11.5 Å². The van der Waals surface area contributed by atoms with Crippen molar-refractivity contribution in [3.63, 3.8) is 0 Å². The molecule has 34 heavy (non-hydrogen) atoms. The van der Waals surface area contributed by atoms with E-state index in [1.165, 1.54) is 20.0 Å². The van der Waals surface area contributed by atoms with Gasteiger partial charge in [0.25, 0.3) is 0 Å². The maximum atomic E-state index is 12.1. The van der Waals surface area contributed by atoms with Gasteiger partial charge in [-0.15, -0.1) is 0 Å². The zero-order valence-corrected chi connectivity index (χ0v) is 20.1. The molecule has 0 aliphatic heterocycles. The third-order valence-corrected chi connectivity index (χ3v) is 7.20. The molecule has 2 N–H and O–H groups in total. The average Bonchev–Trinajstić information content (AvgIpc) is 3.60. The maximum absolute atomic E-state index is 12.1. The number of anilines is 2. The van der Waals surface area contributed by atoms with Crippen molar-refractivity contribution in [3.05, 3.63) is 76.1 Å². The molecule has 0 spiro atoms. The highest BCUT2D eigenvalue weighted by molar-refractivity contribution is 7.08. The van der Waals surface area contributed by atoms with Crippen LogP contribution in [0.2, 0.25) is 0 Å². The van der Waals surface area contributed by atoms with Crippen LogP contribution >= 0.6 is 11.3 Å². The molecular formula is C27H27N3O3S. The molecule has 4 aromatic rings. The fourth-order valence-electron chi connectivity index (χ4n) is 4.77. The van der Waals surface area contributed by atoms with Crippen LogP contribution in [0.25, 0.3) is 16.8 Å². The number of aryl methyl sites for hydroxylation is 1. The van der Waals surface area contributed by atoms with Crippen LogP contribution in [-0.2, 0) is 0 Å². The van der Waals surface area contributed by atoms with Crippen molar-refractivity contribution in [3.8, 4) is 22.6 Å². The predicted octanol–water partition coefficient (Wildman–Crippen LogP) is 7.02. The first-order chi connectivity index (χ1) is 16.6. The Hall–Kier alpha value is -3.58. The van der Waals surface area contributed by atoms with Crippen LogP contribution in [0.5, 0.6) is 5.75 Å². The van der Waals surface area contributed by atoms with Crippen LogP contribution in [0.3, 0.4) is 0 Å². The molecule has 1 saturated carbocycles. The van der Waals surface area contributed by atoms with E-state index in [9.17, 15) is 9.90 Å². The van der Waals surface area contributed by atoms with Gasteiger partial charge in [-0.3, -0.25) is 0 Å². The first-order valence-electron chi connectivity index (χ1n) is 11.5. The number of methoxy groups -OCH3 is 1. The fourth-order valence-corrected chi connectivity index (χ4v) is 5.41. The second kappa shape index (κ2) is 9.35. The van der Waals surface area contributed by atoms with E-state index in [4.69, 9.17) is 9.84 Å². The predicted molar refractivity (Wildman–Crippen MR) is 136 cm³/mol. The minimum atomic E-state index is -1.02. The molecule has 6 nitrogen and oxygen atoms in total. The fraction of sp³-hybridized carbons (Fsp3) is 0.259. The second-order valence-electron chi connectivity index (χ2n) is 8.64. The summed E-state index contributed by atoms with van der Waals surface area (Å²) in [4.78, 5) is 12.1.